The Kier molecular flexibility index (Phi) is 9.22. The van der Waals surface area contributed by atoms with Crippen LogP contribution in [0.1, 0.15) is 30.9 Å². The molecular formula is C25H34IN5O2. The molecule has 2 N–H and O–H groups in total. The second kappa shape index (κ2) is 12.1. The van der Waals surface area contributed by atoms with Crippen molar-refractivity contribution < 1.29 is 9.90 Å². The molecule has 2 heterocycles. The third-order valence-electron chi connectivity index (χ3n) is 6.14. The van der Waals surface area contributed by atoms with Gasteiger partial charge in [0.1, 0.15) is 5.75 Å². The van der Waals surface area contributed by atoms with Crippen LogP contribution in [0.25, 0.3) is 0 Å². The van der Waals surface area contributed by atoms with Crippen molar-refractivity contribution in [2.24, 2.45) is 4.99 Å². The maximum atomic E-state index is 12.6. The number of hydrogen-bond donors (Lipinski definition) is 2. The van der Waals surface area contributed by atoms with Crippen molar-refractivity contribution in [2.45, 2.75) is 32.9 Å². The van der Waals surface area contributed by atoms with Gasteiger partial charge in [-0.25, -0.2) is 0 Å². The second-order valence-corrected chi connectivity index (χ2v) is 8.32. The number of fused-ring (bicyclic) bond motifs is 1. The van der Waals surface area contributed by atoms with Crippen LogP contribution in [-0.2, 0) is 17.9 Å². The van der Waals surface area contributed by atoms with Gasteiger partial charge in [-0.2, -0.15) is 0 Å². The number of nitrogens with zero attached hydrogens (tertiary/aromatic N) is 4. The summed E-state index contributed by atoms with van der Waals surface area (Å²) in [4.78, 5) is 23.8. The second-order valence-electron chi connectivity index (χ2n) is 8.32. The maximum absolute atomic E-state index is 12.6. The van der Waals surface area contributed by atoms with Gasteiger partial charge >= 0.3 is 0 Å². The molecule has 0 spiro atoms. The molecule has 2 aromatic carbocycles. The molecule has 178 valence electrons. The normalized spacial score (nSPS) is 15.8. The van der Waals surface area contributed by atoms with E-state index in [2.05, 4.69) is 34.2 Å². The molecule has 0 aliphatic carbocycles. The van der Waals surface area contributed by atoms with E-state index in [1.54, 1.807) is 6.07 Å². The van der Waals surface area contributed by atoms with Gasteiger partial charge in [0.2, 0.25) is 5.91 Å². The number of benzene rings is 2. The van der Waals surface area contributed by atoms with E-state index in [1.165, 1.54) is 11.1 Å². The van der Waals surface area contributed by atoms with Gasteiger partial charge in [0.25, 0.3) is 0 Å². The van der Waals surface area contributed by atoms with E-state index in [9.17, 15) is 9.90 Å². The van der Waals surface area contributed by atoms with Crippen LogP contribution in [0.5, 0.6) is 5.75 Å². The Bertz CT molecular complexity index is 934. The summed E-state index contributed by atoms with van der Waals surface area (Å²) in [5.41, 5.74) is 3.41. The number of carbonyl (C=O) groups excluding carboxylic acids is 1. The van der Waals surface area contributed by atoms with Crippen molar-refractivity contribution in [3.8, 4) is 5.75 Å². The molecule has 2 aromatic rings. The summed E-state index contributed by atoms with van der Waals surface area (Å²) in [7, 11) is 0. The van der Waals surface area contributed by atoms with Crippen molar-refractivity contribution in [1.29, 1.82) is 0 Å². The van der Waals surface area contributed by atoms with Gasteiger partial charge in [-0.05, 0) is 36.6 Å². The molecule has 0 bridgehead atoms. The Morgan fingerprint density at radius 2 is 1.61 bits per heavy atom. The van der Waals surface area contributed by atoms with E-state index in [-0.39, 0.29) is 29.9 Å². The van der Waals surface area contributed by atoms with Gasteiger partial charge in [-0.1, -0.05) is 36.4 Å². The minimum absolute atomic E-state index is 0. The molecule has 8 heteroatoms. The number of phenols is 1. The molecule has 0 saturated carbocycles. The van der Waals surface area contributed by atoms with Gasteiger partial charge in [0.05, 0.1) is 5.69 Å². The lowest BCUT2D eigenvalue weighted by Crippen LogP contribution is -2.52. The Labute approximate surface area is 213 Å². The number of piperazine rings is 1. The molecule has 0 radical (unpaired) electrons. The third kappa shape index (κ3) is 6.31. The number of phenolic OH excluding ortho intramolecular Hbond substituents is 1. The highest BCUT2D eigenvalue weighted by molar-refractivity contribution is 14.0. The fraction of sp³-hybridized carbons (Fsp3) is 0.440. The zero-order valence-corrected chi connectivity index (χ0v) is 21.6. The number of nitrogens with one attached hydrogen (secondary N) is 1. The summed E-state index contributed by atoms with van der Waals surface area (Å²) >= 11 is 0. The van der Waals surface area contributed by atoms with E-state index in [1.807, 2.05) is 35.2 Å². The largest absolute Gasteiger partial charge is 0.506 e. The Morgan fingerprint density at radius 3 is 2.24 bits per heavy atom. The summed E-state index contributed by atoms with van der Waals surface area (Å²) in [5.74, 6) is 1.44. The first-order valence-corrected chi connectivity index (χ1v) is 11.6. The molecule has 2 aliphatic rings. The number of carbonyl (C=O) groups is 1. The summed E-state index contributed by atoms with van der Waals surface area (Å²) in [5, 5.41) is 13.5. The topological polar surface area (TPSA) is 71.4 Å². The first kappa shape index (κ1) is 25.1. The van der Waals surface area contributed by atoms with Gasteiger partial charge in [-0.15, -0.1) is 24.0 Å². The van der Waals surface area contributed by atoms with Crippen LogP contribution in [0.15, 0.2) is 53.5 Å². The highest BCUT2D eigenvalue weighted by atomic mass is 127. The average molecular weight is 563 g/mol. The minimum Gasteiger partial charge on any atom is -0.506 e. The summed E-state index contributed by atoms with van der Waals surface area (Å²) in [6.07, 6.45) is 1.27. The smallest absolute Gasteiger partial charge is 0.223 e. The van der Waals surface area contributed by atoms with Crippen LogP contribution in [0.4, 0.5) is 5.69 Å². The van der Waals surface area contributed by atoms with Gasteiger partial charge in [0.15, 0.2) is 5.96 Å². The van der Waals surface area contributed by atoms with E-state index >= 15 is 0 Å². The number of para-hydroxylation sites is 2. The third-order valence-corrected chi connectivity index (χ3v) is 6.14. The quantitative estimate of drug-likeness (QED) is 0.244. The summed E-state index contributed by atoms with van der Waals surface area (Å²) in [6.45, 7) is 8.30. The van der Waals surface area contributed by atoms with Gasteiger partial charge < -0.3 is 25.1 Å². The molecule has 0 atom stereocenters. The van der Waals surface area contributed by atoms with Gasteiger partial charge in [-0.3, -0.25) is 9.79 Å². The first-order chi connectivity index (χ1) is 15.7. The lowest BCUT2D eigenvalue weighted by Gasteiger charge is -2.37. The number of aliphatic imine (C=N–C) groups is 1. The van der Waals surface area contributed by atoms with Crippen molar-refractivity contribution in [3.05, 3.63) is 59.7 Å². The Morgan fingerprint density at radius 1 is 0.970 bits per heavy atom. The first-order valence-electron chi connectivity index (χ1n) is 11.6. The molecule has 0 unspecified atom stereocenters. The lowest BCUT2D eigenvalue weighted by molar-refractivity contribution is -0.131. The van der Waals surface area contributed by atoms with Crippen molar-refractivity contribution in [2.75, 3.05) is 44.2 Å². The number of hydrogen-bond acceptors (Lipinski definition) is 4. The number of guanidine groups is 1. The van der Waals surface area contributed by atoms with Crippen LogP contribution < -0.4 is 10.2 Å². The summed E-state index contributed by atoms with van der Waals surface area (Å²) in [6, 6.07) is 15.8. The Balaban J connectivity index is 0.00000306. The molecule has 2 aliphatic heterocycles. The molecule has 1 fully saturated rings. The van der Waals surface area contributed by atoms with Gasteiger partial charge in [0, 0.05) is 58.8 Å². The number of amides is 1. The van der Waals surface area contributed by atoms with Crippen LogP contribution in [-0.4, -0.2) is 66.0 Å². The number of aromatic hydroxyl groups is 1. The monoisotopic (exact) mass is 563 g/mol. The molecule has 0 aromatic heterocycles. The molecular weight excluding hydrogens is 529 g/mol. The van der Waals surface area contributed by atoms with Crippen molar-refractivity contribution in [1.82, 2.24) is 15.1 Å². The Hall–Kier alpha value is -2.49. The van der Waals surface area contributed by atoms with Crippen LogP contribution in [0.3, 0.4) is 0 Å². The van der Waals surface area contributed by atoms with Crippen LogP contribution >= 0.6 is 24.0 Å². The average Bonchev–Trinajstić information content (AvgIpc) is 3.26. The highest BCUT2D eigenvalue weighted by Crippen LogP contribution is 2.27. The van der Waals surface area contributed by atoms with Crippen LogP contribution in [0, 0.1) is 0 Å². The maximum Gasteiger partial charge on any atom is 0.223 e. The van der Waals surface area contributed by atoms with E-state index < -0.39 is 0 Å². The highest BCUT2D eigenvalue weighted by Gasteiger charge is 2.23. The molecule has 7 nitrogen and oxygen atoms in total. The van der Waals surface area contributed by atoms with E-state index in [4.69, 9.17) is 4.99 Å². The SMILES string of the molecule is CCNC(=NCCCC(=O)N1Cc2ccccc2C1)N1CCN(c2ccccc2O)CC1.I. The number of rotatable bonds is 6. The molecule has 4 rings (SSSR count). The number of halogens is 1. The van der Waals surface area contributed by atoms with Crippen LogP contribution in [0.2, 0.25) is 0 Å². The molecule has 1 amide bonds. The predicted molar refractivity (Wildman–Crippen MR) is 143 cm³/mol. The standard InChI is InChI=1S/C25H33N5O2.HI/c1-2-26-25(29-16-14-28(15-17-29)22-10-5-6-11-23(22)31)27-13-7-12-24(32)30-18-20-8-3-4-9-21(20)19-30;/h3-6,8-11,31H,2,7,12-19H2,1H3,(H,26,27);1H. The molecule has 33 heavy (non-hydrogen) atoms. The van der Waals surface area contributed by atoms with Crippen molar-refractivity contribution in [3.63, 3.8) is 0 Å². The fourth-order valence-electron chi connectivity index (χ4n) is 4.40. The fourth-order valence-corrected chi connectivity index (χ4v) is 4.40. The van der Waals surface area contributed by atoms with E-state index in [0.717, 1.165) is 63.9 Å². The molecule has 1 saturated heterocycles. The zero-order valence-electron chi connectivity index (χ0n) is 19.2. The summed E-state index contributed by atoms with van der Waals surface area (Å²) < 4.78 is 0. The minimum atomic E-state index is 0. The predicted octanol–water partition coefficient (Wildman–Crippen LogP) is 3.42. The number of anilines is 1. The van der Waals surface area contributed by atoms with E-state index in [0.29, 0.717) is 18.7 Å². The lowest BCUT2D eigenvalue weighted by atomic mass is 10.1. The van der Waals surface area contributed by atoms with Crippen molar-refractivity contribution >= 4 is 41.5 Å². The zero-order chi connectivity index (χ0) is 22.3.